The van der Waals surface area contributed by atoms with Gasteiger partial charge in [0.05, 0.1) is 11.7 Å². The van der Waals surface area contributed by atoms with Crippen LogP contribution in [-0.2, 0) is 5.60 Å². The largest absolute Gasteiger partial charge is 0.393 e. The van der Waals surface area contributed by atoms with Crippen LogP contribution in [0.2, 0.25) is 0 Å². The molecule has 0 amide bonds. The number of benzene rings is 1. The molecule has 0 aromatic heterocycles. The van der Waals surface area contributed by atoms with E-state index in [2.05, 4.69) is 39.0 Å². The van der Waals surface area contributed by atoms with Crippen molar-refractivity contribution in [1.82, 2.24) is 0 Å². The molecule has 0 spiro atoms. The van der Waals surface area contributed by atoms with Crippen LogP contribution in [0.15, 0.2) is 42.0 Å². The zero-order valence-electron chi connectivity index (χ0n) is 22.1. The predicted octanol–water partition coefficient (Wildman–Crippen LogP) is 7.64. The fraction of sp³-hybridized carbons (Fsp3) is 0.750. The average molecular weight is 465 g/mol. The summed E-state index contributed by atoms with van der Waals surface area (Å²) in [6.07, 6.45) is 15.6. The highest BCUT2D eigenvalue weighted by Gasteiger charge is 2.59. The van der Waals surface area contributed by atoms with Gasteiger partial charge in [-0.3, -0.25) is 0 Å². The Hall–Kier alpha value is -1.12. The van der Waals surface area contributed by atoms with Crippen molar-refractivity contribution < 1.29 is 10.2 Å². The lowest BCUT2D eigenvalue weighted by atomic mass is 9.47. The summed E-state index contributed by atoms with van der Waals surface area (Å²) in [5.74, 6) is 4.10. The van der Waals surface area contributed by atoms with E-state index in [1.165, 1.54) is 44.9 Å². The molecule has 188 valence electrons. The smallest absolute Gasteiger partial charge is 0.0868 e. The van der Waals surface area contributed by atoms with Gasteiger partial charge in [-0.1, -0.05) is 69.2 Å². The summed E-state index contributed by atoms with van der Waals surface area (Å²) in [7, 11) is 0. The molecule has 3 saturated carbocycles. The van der Waals surface area contributed by atoms with Gasteiger partial charge in [0.15, 0.2) is 0 Å². The first-order valence-corrected chi connectivity index (χ1v) is 14.3. The molecule has 2 nitrogen and oxygen atoms in total. The summed E-state index contributed by atoms with van der Waals surface area (Å²) in [6.45, 7) is 9.67. The topological polar surface area (TPSA) is 40.5 Å². The molecule has 0 aliphatic heterocycles. The number of allylic oxidation sites excluding steroid dienone is 1. The van der Waals surface area contributed by atoms with E-state index in [1.807, 2.05) is 25.1 Å². The fourth-order valence-electron chi connectivity index (χ4n) is 9.53. The minimum Gasteiger partial charge on any atom is -0.393 e. The second-order valence-electron chi connectivity index (χ2n) is 13.4. The van der Waals surface area contributed by atoms with Crippen LogP contribution in [0.4, 0.5) is 0 Å². The van der Waals surface area contributed by atoms with Crippen LogP contribution in [0.1, 0.15) is 104 Å². The molecule has 1 aromatic rings. The first kappa shape index (κ1) is 24.6. The Morgan fingerprint density at radius 2 is 1.79 bits per heavy atom. The van der Waals surface area contributed by atoms with Crippen molar-refractivity contribution in [3.63, 3.8) is 0 Å². The van der Waals surface area contributed by atoms with Gasteiger partial charge in [0, 0.05) is 0 Å². The van der Waals surface area contributed by atoms with Gasteiger partial charge in [0.2, 0.25) is 0 Å². The van der Waals surface area contributed by atoms with Crippen molar-refractivity contribution in [2.75, 3.05) is 0 Å². The molecule has 1 aromatic carbocycles. The molecule has 34 heavy (non-hydrogen) atoms. The Morgan fingerprint density at radius 3 is 2.56 bits per heavy atom. The SMILES string of the molecule is C[C@@H](CCC[C@](C)(O)c1ccccc1)[C@H]1CC[C@H]2[C@@H]3CC=C4C[C@@H](O)CC[C@]4(C)[C@H]3CC[C@]12C. The molecular formula is C32H48O2. The standard InChI is InChI=1S/C32H48O2/c1-22(9-8-18-32(4,34)23-10-6-5-7-11-23)27-14-15-28-26-13-12-24-21-25(33)16-19-30(24,2)29(26)17-20-31(27,28)3/h5-7,10-12,22,25-29,33-34H,8-9,13-21H2,1-4H3/t22-,25-,26-,27+,28-,29-,30-,31+,32-/m0/s1. The zero-order chi connectivity index (χ0) is 24.1. The second-order valence-corrected chi connectivity index (χ2v) is 13.4. The molecule has 4 aliphatic carbocycles. The van der Waals surface area contributed by atoms with Crippen LogP contribution in [-0.4, -0.2) is 16.3 Å². The summed E-state index contributed by atoms with van der Waals surface area (Å²) >= 11 is 0. The summed E-state index contributed by atoms with van der Waals surface area (Å²) in [5.41, 5.74) is 2.73. The number of aliphatic hydroxyl groups is 2. The molecule has 4 aliphatic rings. The summed E-state index contributed by atoms with van der Waals surface area (Å²) in [4.78, 5) is 0. The highest BCUT2D eigenvalue weighted by Crippen LogP contribution is 2.67. The predicted molar refractivity (Wildman–Crippen MR) is 140 cm³/mol. The van der Waals surface area contributed by atoms with Gasteiger partial charge in [0.25, 0.3) is 0 Å². The number of rotatable bonds is 6. The Bertz CT molecular complexity index is 888. The van der Waals surface area contributed by atoms with E-state index in [0.29, 0.717) is 10.8 Å². The third-order valence-electron chi connectivity index (χ3n) is 11.6. The van der Waals surface area contributed by atoms with Gasteiger partial charge in [-0.25, -0.2) is 0 Å². The fourth-order valence-corrected chi connectivity index (χ4v) is 9.53. The Morgan fingerprint density at radius 1 is 1.03 bits per heavy atom. The molecule has 0 radical (unpaired) electrons. The van der Waals surface area contributed by atoms with Crippen molar-refractivity contribution in [3.05, 3.63) is 47.5 Å². The summed E-state index contributed by atoms with van der Waals surface area (Å²) < 4.78 is 0. The first-order valence-electron chi connectivity index (χ1n) is 14.3. The maximum atomic E-state index is 11.0. The van der Waals surface area contributed by atoms with Crippen molar-refractivity contribution in [2.45, 2.75) is 110 Å². The van der Waals surface area contributed by atoms with Crippen LogP contribution in [0.5, 0.6) is 0 Å². The number of hydrogen-bond donors (Lipinski definition) is 2. The van der Waals surface area contributed by atoms with Crippen LogP contribution >= 0.6 is 0 Å². The molecule has 2 heteroatoms. The van der Waals surface area contributed by atoms with E-state index < -0.39 is 5.60 Å². The molecule has 2 N–H and O–H groups in total. The van der Waals surface area contributed by atoms with Gasteiger partial charge in [-0.05, 0) is 117 Å². The van der Waals surface area contributed by atoms with Gasteiger partial charge < -0.3 is 10.2 Å². The van der Waals surface area contributed by atoms with Crippen molar-refractivity contribution >= 4 is 0 Å². The van der Waals surface area contributed by atoms with Gasteiger partial charge in [-0.2, -0.15) is 0 Å². The van der Waals surface area contributed by atoms with E-state index in [0.717, 1.165) is 60.8 Å². The van der Waals surface area contributed by atoms with E-state index in [-0.39, 0.29) is 6.10 Å². The van der Waals surface area contributed by atoms with Crippen LogP contribution in [0, 0.1) is 40.4 Å². The molecular weight excluding hydrogens is 416 g/mol. The average Bonchev–Trinajstić information content (AvgIpc) is 3.17. The second kappa shape index (κ2) is 9.07. The van der Waals surface area contributed by atoms with Gasteiger partial charge >= 0.3 is 0 Å². The Labute approximate surface area is 208 Å². The number of hydrogen-bond acceptors (Lipinski definition) is 2. The number of fused-ring (bicyclic) bond motifs is 5. The third-order valence-corrected chi connectivity index (χ3v) is 11.6. The van der Waals surface area contributed by atoms with E-state index in [1.54, 1.807) is 5.57 Å². The first-order chi connectivity index (χ1) is 16.1. The lowest BCUT2D eigenvalue weighted by Crippen LogP contribution is -2.50. The van der Waals surface area contributed by atoms with E-state index in [9.17, 15) is 10.2 Å². The maximum Gasteiger partial charge on any atom is 0.0868 e. The summed E-state index contributed by atoms with van der Waals surface area (Å²) in [6, 6.07) is 10.2. The molecule has 0 unspecified atom stereocenters. The van der Waals surface area contributed by atoms with Crippen LogP contribution < -0.4 is 0 Å². The normalized spacial score (nSPS) is 42.1. The molecule has 0 heterocycles. The van der Waals surface area contributed by atoms with E-state index in [4.69, 9.17) is 0 Å². The quantitative estimate of drug-likeness (QED) is 0.425. The van der Waals surface area contributed by atoms with Gasteiger partial charge in [-0.15, -0.1) is 0 Å². The zero-order valence-corrected chi connectivity index (χ0v) is 22.1. The van der Waals surface area contributed by atoms with Crippen LogP contribution in [0.25, 0.3) is 0 Å². The van der Waals surface area contributed by atoms with Crippen LogP contribution in [0.3, 0.4) is 0 Å². The molecule has 3 fully saturated rings. The van der Waals surface area contributed by atoms with Crippen molar-refractivity contribution in [3.8, 4) is 0 Å². The minimum absolute atomic E-state index is 0.107. The molecule has 0 saturated heterocycles. The molecule has 0 bridgehead atoms. The molecule has 5 rings (SSSR count). The lowest BCUT2D eigenvalue weighted by Gasteiger charge is -2.58. The van der Waals surface area contributed by atoms with Gasteiger partial charge in [0.1, 0.15) is 0 Å². The summed E-state index contributed by atoms with van der Waals surface area (Å²) in [5, 5.41) is 21.3. The van der Waals surface area contributed by atoms with Crippen molar-refractivity contribution in [1.29, 1.82) is 0 Å². The van der Waals surface area contributed by atoms with E-state index >= 15 is 0 Å². The van der Waals surface area contributed by atoms with Crippen molar-refractivity contribution in [2.24, 2.45) is 40.4 Å². The minimum atomic E-state index is -0.726. The molecule has 9 atom stereocenters. The monoisotopic (exact) mass is 464 g/mol. The lowest BCUT2D eigenvalue weighted by molar-refractivity contribution is -0.0576. The third kappa shape index (κ3) is 4.11. The maximum absolute atomic E-state index is 11.0. The number of aliphatic hydroxyl groups excluding tert-OH is 1. The highest BCUT2D eigenvalue weighted by atomic mass is 16.3. The Balaban J connectivity index is 1.24. The Kier molecular flexibility index (Phi) is 6.56. The highest BCUT2D eigenvalue weighted by molar-refractivity contribution is 5.25.